The van der Waals surface area contributed by atoms with Gasteiger partial charge in [-0.2, -0.15) is 0 Å². The van der Waals surface area contributed by atoms with Crippen molar-refractivity contribution >= 4 is 11.7 Å². The number of carbonyl (C=O) groups excluding carboxylic acids is 1. The first-order valence-electron chi connectivity index (χ1n) is 8.02. The fourth-order valence-corrected chi connectivity index (χ4v) is 2.25. The van der Waals surface area contributed by atoms with Crippen LogP contribution in [0.2, 0.25) is 0 Å². The van der Waals surface area contributed by atoms with E-state index in [2.05, 4.69) is 53.6 Å². The third kappa shape index (κ3) is 4.91. The van der Waals surface area contributed by atoms with Gasteiger partial charge < -0.3 is 20.3 Å². The molecule has 0 aliphatic carbocycles. The molecule has 122 valence electrons. The summed E-state index contributed by atoms with van der Waals surface area (Å²) in [6.45, 7) is 10.2. The molecule has 0 aromatic heterocycles. The van der Waals surface area contributed by atoms with Gasteiger partial charge in [-0.3, -0.25) is 0 Å². The van der Waals surface area contributed by atoms with Gasteiger partial charge in [-0.15, -0.1) is 0 Å². The molecule has 1 atom stereocenters. The second-order valence-electron chi connectivity index (χ2n) is 6.13. The summed E-state index contributed by atoms with van der Waals surface area (Å²) in [5.74, 6) is 0.429. The van der Waals surface area contributed by atoms with Crippen LogP contribution in [0, 0.1) is 5.92 Å². The van der Waals surface area contributed by atoms with Gasteiger partial charge in [0.1, 0.15) is 0 Å². The highest BCUT2D eigenvalue weighted by molar-refractivity contribution is 5.74. The lowest BCUT2D eigenvalue weighted by Gasteiger charge is -2.28. The van der Waals surface area contributed by atoms with Crippen molar-refractivity contribution < 1.29 is 9.53 Å². The molecule has 2 rings (SSSR count). The molecule has 1 fully saturated rings. The summed E-state index contributed by atoms with van der Waals surface area (Å²) in [7, 11) is 0. The molecule has 1 aliphatic heterocycles. The minimum Gasteiger partial charge on any atom is -0.378 e. The number of nitrogens with zero attached hydrogens (tertiary/aromatic N) is 1. The average molecular weight is 305 g/mol. The molecule has 5 nitrogen and oxygen atoms in total. The van der Waals surface area contributed by atoms with Gasteiger partial charge in [-0.1, -0.05) is 26.0 Å². The lowest BCUT2D eigenvalue weighted by Crippen LogP contribution is -2.42. The summed E-state index contributed by atoms with van der Waals surface area (Å²) in [6, 6.07) is 8.41. The molecular weight excluding hydrogens is 278 g/mol. The number of nitrogens with one attached hydrogen (secondary N) is 2. The van der Waals surface area contributed by atoms with Crippen LogP contribution in [0.4, 0.5) is 10.5 Å². The first kappa shape index (κ1) is 16.6. The number of morpholine rings is 1. The van der Waals surface area contributed by atoms with Gasteiger partial charge in [0.15, 0.2) is 0 Å². The van der Waals surface area contributed by atoms with Crippen LogP contribution < -0.4 is 15.5 Å². The second-order valence-corrected chi connectivity index (χ2v) is 6.13. The number of amides is 2. The van der Waals surface area contributed by atoms with Crippen LogP contribution in [0.1, 0.15) is 26.3 Å². The molecule has 22 heavy (non-hydrogen) atoms. The topological polar surface area (TPSA) is 53.6 Å². The Kier molecular flexibility index (Phi) is 6.07. The van der Waals surface area contributed by atoms with Gasteiger partial charge in [-0.05, 0) is 30.5 Å². The Bertz CT molecular complexity index is 467. The molecule has 1 aromatic carbocycles. The number of ether oxygens (including phenoxy) is 1. The first-order chi connectivity index (χ1) is 10.6. The molecule has 2 amide bonds. The van der Waals surface area contributed by atoms with Crippen molar-refractivity contribution in [2.24, 2.45) is 5.92 Å². The zero-order valence-corrected chi connectivity index (χ0v) is 13.8. The van der Waals surface area contributed by atoms with Gasteiger partial charge in [0, 0.05) is 31.4 Å². The Labute approximate surface area is 133 Å². The average Bonchev–Trinajstić information content (AvgIpc) is 2.54. The Hall–Kier alpha value is -1.75. The maximum absolute atomic E-state index is 11.8. The van der Waals surface area contributed by atoms with E-state index in [1.54, 1.807) is 0 Å². The number of rotatable bonds is 5. The number of anilines is 1. The smallest absolute Gasteiger partial charge is 0.315 e. The number of carbonyl (C=O) groups is 1. The standard InChI is InChI=1S/C17H27N3O2/c1-13(2)14(3)19-17(21)18-12-15-4-6-16(7-5-15)20-8-10-22-11-9-20/h4-7,13-14H,8-12H2,1-3H3,(H2,18,19,21). The molecule has 0 radical (unpaired) electrons. The summed E-state index contributed by atoms with van der Waals surface area (Å²) in [5, 5.41) is 5.84. The highest BCUT2D eigenvalue weighted by Gasteiger charge is 2.12. The summed E-state index contributed by atoms with van der Waals surface area (Å²) >= 11 is 0. The van der Waals surface area contributed by atoms with Gasteiger partial charge in [0.2, 0.25) is 0 Å². The van der Waals surface area contributed by atoms with Crippen molar-refractivity contribution in [3.8, 4) is 0 Å². The summed E-state index contributed by atoms with van der Waals surface area (Å²) < 4.78 is 5.36. The Morgan fingerprint density at radius 1 is 1.18 bits per heavy atom. The van der Waals surface area contributed by atoms with Crippen molar-refractivity contribution in [3.63, 3.8) is 0 Å². The Balaban J connectivity index is 1.80. The summed E-state index contributed by atoms with van der Waals surface area (Å²) in [6.07, 6.45) is 0. The highest BCUT2D eigenvalue weighted by Crippen LogP contribution is 2.16. The van der Waals surface area contributed by atoms with Crippen LogP contribution in [-0.2, 0) is 11.3 Å². The monoisotopic (exact) mass is 305 g/mol. The van der Waals surface area contributed by atoms with Crippen molar-refractivity contribution in [1.82, 2.24) is 10.6 Å². The molecule has 1 heterocycles. The van der Waals surface area contributed by atoms with Crippen molar-refractivity contribution in [3.05, 3.63) is 29.8 Å². The number of hydrogen-bond acceptors (Lipinski definition) is 3. The molecule has 1 aliphatic rings. The lowest BCUT2D eigenvalue weighted by atomic mass is 10.1. The van der Waals surface area contributed by atoms with Crippen LogP contribution in [-0.4, -0.2) is 38.4 Å². The maximum atomic E-state index is 11.8. The van der Waals surface area contributed by atoms with Crippen LogP contribution >= 0.6 is 0 Å². The molecule has 0 bridgehead atoms. The van der Waals surface area contributed by atoms with Crippen LogP contribution in [0.15, 0.2) is 24.3 Å². The fraction of sp³-hybridized carbons (Fsp3) is 0.588. The molecule has 2 N–H and O–H groups in total. The van der Waals surface area contributed by atoms with Gasteiger partial charge in [0.25, 0.3) is 0 Å². The largest absolute Gasteiger partial charge is 0.378 e. The number of hydrogen-bond donors (Lipinski definition) is 2. The van der Waals surface area contributed by atoms with Crippen LogP contribution in [0.5, 0.6) is 0 Å². The molecule has 0 spiro atoms. The van der Waals surface area contributed by atoms with E-state index in [4.69, 9.17) is 4.74 Å². The van der Waals surface area contributed by atoms with E-state index in [0.717, 1.165) is 31.9 Å². The lowest BCUT2D eigenvalue weighted by molar-refractivity contribution is 0.122. The predicted molar refractivity (Wildman–Crippen MR) is 89.1 cm³/mol. The van der Waals surface area contributed by atoms with Crippen molar-refractivity contribution in [2.45, 2.75) is 33.4 Å². The van der Waals surface area contributed by atoms with Crippen molar-refractivity contribution in [1.29, 1.82) is 0 Å². The Morgan fingerprint density at radius 2 is 1.82 bits per heavy atom. The second kappa shape index (κ2) is 8.03. The molecule has 1 unspecified atom stereocenters. The minimum atomic E-state index is -0.113. The van der Waals surface area contributed by atoms with E-state index in [1.807, 2.05) is 6.92 Å². The van der Waals surface area contributed by atoms with Gasteiger partial charge >= 0.3 is 6.03 Å². The predicted octanol–water partition coefficient (Wildman–Crippen LogP) is 2.37. The molecule has 1 saturated heterocycles. The van der Waals surface area contributed by atoms with E-state index in [-0.39, 0.29) is 12.1 Å². The first-order valence-corrected chi connectivity index (χ1v) is 8.02. The van der Waals surface area contributed by atoms with E-state index in [9.17, 15) is 4.79 Å². The summed E-state index contributed by atoms with van der Waals surface area (Å²) in [4.78, 5) is 14.1. The maximum Gasteiger partial charge on any atom is 0.315 e. The minimum absolute atomic E-state index is 0.113. The third-order valence-electron chi connectivity index (χ3n) is 4.12. The normalized spacial score (nSPS) is 16.5. The zero-order chi connectivity index (χ0) is 15.9. The SMILES string of the molecule is CC(C)C(C)NC(=O)NCc1ccc(N2CCOCC2)cc1. The van der Waals surface area contributed by atoms with E-state index >= 15 is 0 Å². The van der Waals surface area contributed by atoms with E-state index in [0.29, 0.717) is 12.5 Å². The molecular formula is C17H27N3O2. The third-order valence-corrected chi connectivity index (χ3v) is 4.12. The Morgan fingerprint density at radius 3 is 2.41 bits per heavy atom. The van der Waals surface area contributed by atoms with Crippen molar-refractivity contribution in [2.75, 3.05) is 31.2 Å². The molecule has 0 saturated carbocycles. The molecule has 1 aromatic rings. The molecule has 5 heteroatoms. The van der Waals surface area contributed by atoms with Crippen LogP contribution in [0.25, 0.3) is 0 Å². The quantitative estimate of drug-likeness (QED) is 0.878. The van der Waals surface area contributed by atoms with Gasteiger partial charge in [-0.25, -0.2) is 4.79 Å². The number of benzene rings is 1. The summed E-state index contributed by atoms with van der Waals surface area (Å²) in [5.41, 5.74) is 2.31. The van der Waals surface area contributed by atoms with Crippen LogP contribution in [0.3, 0.4) is 0 Å². The zero-order valence-electron chi connectivity index (χ0n) is 13.8. The van der Waals surface area contributed by atoms with E-state index in [1.165, 1.54) is 5.69 Å². The fourth-order valence-electron chi connectivity index (χ4n) is 2.25. The van der Waals surface area contributed by atoms with E-state index < -0.39 is 0 Å². The number of urea groups is 1. The highest BCUT2D eigenvalue weighted by atomic mass is 16.5. The van der Waals surface area contributed by atoms with Gasteiger partial charge in [0.05, 0.1) is 13.2 Å².